The summed E-state index contributed by atoms with van der Waals surface area (Å²) in [6, 6.07) is 6.58. The monoisotopic (exact) mass is 310 g/mol. The first kappa shape index (κ1) is 14.4. The van der Waals surface area contributed by atoms with E-state index in [9.17, 15) is 19.7 Å². The number of carbonyl (C=O) groups is 2. The fraction of sp³-hybridized carbons (Fsp3) is 0. The number of nitrogens with zero attached hydrogens (tertiary/aromatic N) is 1. The fourth-order valence-corrected chi connectivity index (χ4v) is 2.70. The van der Waals surface area contributed by atoms with Crippen molar-refractivity contribution in [2.45, 2.75) is 0 Å². The number of fused-ring (bicyclic) bond motifs is 2. The number of anilines is 1. The molecule has 0 unspecified atom stereocenters. The van der Waals surface area contributed by atoms with Gasteiger partial charge < -0.3 is 11.5 Å². The molecule has 0 radical (unpaired) electrons. The summed E-state index contributed by atoms with van der Waals surface area (Å²) >= 11 is 0. The lowest BCUT2D eigenvalue weighted by atomic mass is 9.80. The van der Waals surface area contributed by atoms with Gasteiger partial charge in [-0.3, -0.25) is 25.1 Å². The van der Waals surface area contributed by atoms with Crippen molar-refractivity contribution in [3.05, 3.63) is 68.3 Å². The molecule has 0 saturated carbocycles. The van der Waals surface area contributed by atoms with Crippen LogP contribution in [0.3, 0.4) is 0 Å². The average molecular weight is 310 g/mol. The number of amidine groups is 1. The second kappa shape index (κ2) is 4.73. The second-order valence-corrected chi connectivity index (χ2v) is 4.98. The number of carbonyl (C=O) groups excluding carboxylic acids is 2. The van der Waals surface area contributed by atoms with Crippen LogP contribution in [-0.2, 0) is 0 Å². The van der Waals surface area contributed by atoms with Crippen molar-refractivity contribution in [2.75, 3.05) is 5.73 Å². The van der Waals surface area contributed by atoms with Gasteiger partial charge in [0.1, 0.15) is 11.4 Å². The number of hydrogen-bond acceptors (Lipinski definition) is 6. The lowest BCUT2D eigenvalue weighted by Crippen LogP contribution is -2.27. The number of nitrogens with one attached hydrogen (secondary N) is 1. The highest BCUT2D eigenvalue weighted by molar-refractivity contribution is 6.33. The molecular weight excluding hydrogens is 300 g/mol. The van der Waals surface area contributed by atoms with Crippen LogP contribution in [0.15, 0.2) is 30.3 Å². The Labute approximate surface area is 129 Å². The van der Waals surface area contributed by atoms with Crippen LogP contribution < -0.4 is 11.5 Å². The maximum Gasteiger partial charge on any atom is 0.281 e. The van der Waals surface area contributed by atoms with Gasteiger partial charge >= 0.3 is 0 Å². The molecule has 23 heavy (non-hydrogen) atoms. The summed E-state index contributed by atoms with van der Waals surface area (Å²) in [7, 11) is 0. The van der Waals surface area contributed by atoms with E-state index in [1.165, 1.54) is 24.3 Å². The van der Waals surface area contributed by atoms with Gasteiger partial charge in [-0.05, 0) is 6.07 Å². The zero-order valence-corrected chi connectivity index (χ0v) is 11.6. The molecule has 8 heteroatoms. The van der Waals surface area contributed by atoms with Crippen LogP contribution in [0.4, 0.5) is 11.4 Å². The van der Waals surface area contributed by atoms with E-state index >= 15 is 0 Å². The summed E-state index contributed by atoms with van der Waals surface area (Å²) < 4.78 is 0. The van der Waals surface area contributed by atoms with E-state index < -0.39 is 22.2 Å². The van der Waals surface area contributed by atoms with Crippen molar-refractivity contribution in [3.63, 3.8) is 0 Å². The number of benzene rings is 2. The zero-order valence-electron chi connectivity index (χ0n) is 11.6. The molecule has 1 aliphatic carbocycles. The Balaban J connectivity index is 2.43. The van der Waals surface area contributed by atoms with Crippen LogP contribution in [0.5, 0.6) is 0 Å². The van der Waals surface area contributed by atoms with Gasteiger partial charge in [0, 0.05) is 28.4 Å². The third kappa shape index (κ3) is 1.89. The zero-order chi connectivity index (χ0) is 16.9. The van der Waals surface area contributed by atoms with Crippen LogP contribution in [0.1, 0.15) is 37.4 Å². The molecule has 2 aromatic carbocycles. The first-order valence-corrected chi connectivity index (χ1v) is 6.48. The highest BCUT2D eigenvalue weighted by Crippen LogP contribution is 2.37. The van der Waals surface area contributed by atoms with E-state index in [0.29, 0.717) is 0 Å². The topological polar surface area (TPSA) is 153 Å². The van der Waals surface area contributed by atoms with E-state index in [4.69, 9.17) is 16.9 Å². The van der Waals surface area contributed by atoms with Gasteiger partial charge in [-0.15, -0.1) is 0 Å². The number of nitro groups is 1. The van der Waals surface area contributed by atoms with E-state index in [1.807, 2.05) is 0 Å². The Morgan fingerprint density at radius 2 is 1.74 bits per heavy atom. The summed E-state index contributed by atoms with van der Waals surface area (Å²) in [5.41, 5.74) is 10.2. The van der Waals surface area contributed by atoms with Gasteiger partial charge in [0.05, 0.1) is 10.5 Å². The van der Waals surface area contributed by atoms with Gasteiger partial charge in [0.2, 0.25) is 5.78 Å². The quantitative estimate of drug-likeness (QED) is 0.213. The van der Waals surface area contributed by atoms with Crippen molar-refractivity contribution < 1.29 is 14.5 Å². The maximum atomic E-state index is 12.8. The Morgan fingerprint density at radius 1 is 1.04 bits per heavy atom. The van der Waals surface area contributed by atoms with Crippen LogP contribution in [0.25, 0.3) is 0 Å². The van der Waals surface area contributed by atoms with Crippen molar-refractivity contribution in [3.8, 4) is 0 Å². The second-order valence-electron chi connectivity index (χ2n) is 4.98. The lowest BCUT2D eigenvalue weighted by Gasteiger charge is -2.20. The predicted molar refractivity (Wildman–Crippen MR) is 81.8 cm³/mol. The van der Waals surface area contributed by atoms with Crippen molar-refractivity contribution in [1.82, 2.24) is 0 Å². The van der Waals surface area contributed by atoms with E-state index in [2.05, 4.69) is 0 Å². The fourth-order valence-electron chi connectivity index (χ4n) is 2.70. The number of ketones is 2. The molecule has 0 aromatic heterocycles. The highest BCUT2D eigenvalue weighted by Gasteiger charge is 2.38. The Bertz CT molecular complexity index is 933. The maximum absolute atomic E-state index is 12.8. The van der Waals surface area contributed by atoms with Crippen LogP contribution in [-0.4, -0.2) is 22.3 Å². The smallest absolute Gasteiger partial charge is 0.281 e. The van der Waals surface area contributed by atoms with Gasteiger partial charge in [0.25, 0.3) is 5.69 Å². The van der Waals surface area contributed by atoms with E-state index in [1.54, 1.807) is 0 Å². The summed E-state index contributed by atoms with van der Waals surface area (Å²) in [6.07, 6.45) is 0. The lowest BCUT2D eigenvalue weighted by molar-refractivity contribution is -0.385. The first-order chi connectivity index (χ1) is 10.8. The molecule has 0 bridgehead atoms. The summed E-state index contributed by atoms with van der Waals surface area (Å²) in [6.45, 7) is 0. The number of rotatable bonds is 2. The normalized spacial score (nSPS) is 12.5. The van der Waals surface area contributed by atoms with Crippen molar-refractivity contribution in [1.29, 1.82) is 5.41 Å². The van der Waals surface area contributed by atoms with Crippen LogP contribution in [0, 0.1) is 15.5 Å². The molecule has 8 nitrogen and oxygen atoms in total. The molecule has 0 spiro atoms. The molecular formula is C15H10N4O4. The van der Waals surface area contributed by atoms with Crippen LogP contribution >= 0.6 is 0 Å². The number of hydrogen-bond donors (Lipinski definition) is 3. The molecule has 0 aliphatic heterocycles. The summed E-state index contributed by atoms with van der Waals surface area (Å²) in [5, 5.41) is 18.7. The van der Waals surface area contributed by atoms with E-state index in [-0.39, 0.29) is 39.3 Å². The molecule has 3 rings (SSSR count). The molecule has 5 N–H and O–H groups in total. The van der Waals surface area contributed by atoms with Crippen LogP contribution in [0.2, 0.25) is 0 Å². The van der Waals surface area contributed by atoms with Gasteiger partial charge in [-0.25, -0.2) is 0 Å². The Hall–Kier alpha value is -3.55. The number of nitro benzene ring substituents is 1. The number of nitrogens with two attached hydrogens (primary N) is 2. The largest absolute Gasteiger partial charge is 0.398 e. The molecule has 1 aliphatic rings. The minimum atomic E-state index is -0.733. The molecule has 0 atom stereocenters. The third-order valence-corrected chi connectivity index (χ3v) is 3.69. The highest BCUT2D eigenvalue weighted by atomic mass is 16.6. The van der Waals surface area contributed by atoms with Gasteiger partial charge in [0.15, 0.2) is 5.78 Å². The summed E-state index contributed by atoms with van der Waals surface area (Å²) in [5.74, 6) is -1.71. The molecule has 0 heterocycles. The Kier molecular flexibility index (Phi) is 2.96. The third-order valence-electron chi connectivity index (χ3n) is 3.69. The minimum absolute atomic E-state index is 0.0242. The van der Waals surface area contributed by atoms with Crippen molar-refractivity contribution in [2.24, 2.45) is 5.73 Å². The molecule has 2 aromatic rings. The van der Waals surface area contributed by atoms with Gasteiger partial charge in [-0.1, -0.05) is 18.2 Å². The molecule has 114 valence electrons. The number of nitrogen functional groups attached to an aromatic ring is 2. The summed E-state index contributed by atoms with van der Waals surface area (Å²) in [4.78, 5) is 35.9. The SMILES string of the molecule is N=C(N)c1cccc2c1C(=O)c1c(N)ccc([N+](=O)[O-])c1C2=O. The molecule has 0 saturated heterocycles. The molecule has 0 amide bonds. The molecule has 0 fully saturated rings. The first-order valence-electron chi connectivity index (χ1n) is 6.48. The average Bonchev–Trinajstić information content (AvgIpc) is 2.51. The minimum Gasteiger partial charge on any atom is -0.398 e. The Morgan fingerprint density at radius 3 is 2.35 bits per heavy atom. The van der Waals surface area contributed by atoms with Crippen molar-refractivity contribution >= 4 is 28.8 Å². The predicted octanol–water partition coefficient (Wildman–Crippen LogP) is 1.24. The van der Waals surface area contributed by atoms with Gasteiger partial charge in [-0.2, -0.15) is 0 Å². The van der Waals surface area contributed by atoms with E-state index in [0.717, 1.165) is 6.07 Å². The standard InChI is InChI=1S/C15H10N4O4/c16-8-4-5-9(19(22)23)12-11(8)14(21)10-6(13(12)20)2-1-3-7(10)15(17)18/h1-5H,16H2,(H3,17,18).